The molecule has 2 N–H and O–H groups in total. The number of aromatic nitrogens is 2. The molecule has 0 bridgehead atoms. The third-order valence-corrected chi connectivity index (χ3v) is 3.19. The molecule has 0 saturated heterocycles. The Hall–Kier alpha value is -2.12. The van der Waals surface area contributed by atoms with E-state index in [1.807, 2.05) is 28.8 Å². The van der Waals surface area contributed by atoms with Crippen LogP contribution < -0.4 is 0 Å². The lowest BCUT2D eigenvalue weighted by Gasteiger charge is -2.08. The highest BCUT2D eigenvalue weighted by Gasteiger charge is 2.15. The second-order valence-electron chi connectivity index (χ2n) is 4.71. The van der Waals surface area contributed by atoms with Gasteiger partial charge in [-0.3, -0.25) is 9.59 Å². The molecule has 0 saturated carbocycles. The number of imidazole rings is 1. The molecule has 2 aromatic rings. The Labute approximate surface area is 146 Å². The molecule has 0 fully saturated rings. The molecule has 7 nitrogen and oxygen atoms in total. The number of ether oxygens (including phenoxy) is 2. The van der Waals surface area contributed by atoms with Crippen LogP contribution in [0.3, 0.4) is 0 Å². The van der Waals surface area contributed by atoms with Crippen LogP contribution in [0.4, 0.5) is 0 Å². The van der Waals surface area contributed by atoms with E-state index in [0.29, 0.717) is 25.6 Å². The molecular formula is C16H23ClN2O5. The van der Waals surface area contributed by atoms with Gasteiger partial charge in [0, 0.05) is 6.54 Å². The number of carbonyl (C=O) groups is 2. The summed E-state index contributed by atoms with van der Waals surface area (Å²) in [5.41, 5.74) is 1.69. The minimum atomic E-state index is -0.324. The fourth-order valence-electron chi connectivity index (χ4n) is 2.29. The van der Waals surface area contributed by atoms with E-state index in [4.69, 9.17) is 9.47 Å². The summed E-state index contributed by atoms with van der Waals surface area (Å²) in [5.74, 6) is 0.0153. The van der Waals surface area contributed by atoms with Gasteiger partial charge < -0.3 is 19.5 Å². The Balaban J connectivity index is 0.00000264. The zero-order valence-electron chi connectivity index (χ0n) is 13.8. The highest BCUT2D eigenvalue weighted by Crippen LogP contribution is 2.17. The van der Waals surface area contributed by atoms with Crippen molar-refractivity contribution in [1.29, 1.82) is 0 Å². The van der Waals surface area contributed by atoms with E-state index in [2.05, 4.69) is 4.98 Å². The lowest BCUT2D eigenvalue weighted by Crippen LogP contribution is -2.15. The number of carbonyl (C=O) groups excluding carboxylic acids is 2. The molecule has 0 atom stereocenters. The number of nitrogens with zero attached hydrogens (tertiary/aromatic N) is 2. The molecule has 0 unspecified atom stereocenters. The highest BCUT2D eigenvalue weighted by molar-refractivity contribution is 5.85. The normalized spacial score (nSPS) is 9.75. The minimum absolute atomic E-state index is 0. The van der Waals surface area contributed by atoms with Gasteiger partial charge in [-0.05, 0) is 26.0 Å². The zero-order chi connectivity index (χ0) is 15.9. The maximum Gasteiger partial charge on any atom is 0.313 e. The molecule has 0 radical (unpaired) electrons. The summed E-state index contributed by atoms with van der Waals surface area (Å²) in [6.07, 6.45) is 0.329. The highest BCUT2D eigenvalue weighted by atomic mass is 35.5. The summed E-state index contributed by atoms with van der Waals surface area (Å²) < 4.78 is 11.8. The van der Waals surface area contributed by atoms with Crippen LogP contribution in [0.25, 0.3) is 11.0 Å². The van der Waals surface area contributed by atoms with Crippen LogP contribution in [-0.4, -0.2) is 40.2 Å². The number of hydrogen-bond acceptors (Lipinski definition) is 5. The van der Waals surface area contributed by atoms with Crippen molar-refractivity contribution in [2.75, 3.05) is 13.2 Å². The van der Waals surface area contributed by atoms with Crippen molar-refractivity contribution in [3.63, 3.8) is 0 Å². The van der Waals surface area contributed by atoms with Gasteiger partial charge in [-0.2, -0.15) is 0 Å². The molecule has 0 aliphatic carbocycles. The molecule has 1 aromatic carbocycles. The second-order valence-corrected chi connectivity index (χ2v) is 4.71. The molecule has 24 heavy (non-hydrogen) atoms. The van der Waals surface area contributed by atoms with Crippen molar-refractivity contribution in [2.45, 2.75) is 33.2 Å². The van der Waals surface area contributed by atoms with E-state index in [9.17, 15) is 9.59 Å². The van der Waals surface area contributed by atoms with E-state index >= 15 is 0 Å². The van der Waals surface area contributed by atoms with E-state index in [1.54, 1.807) is 13.8 Å². The first-order valence-corrected chi connectivity index (χ1v) is 7.41. The third kappa shape index (κ3) is 5.50. The number of halogens is 1. The van der Waals surface area contributed by atoms with Gasteiger partial charge in [0.15, 0.2) is 0 Å². The molecule has 0 aliphatic rings. The Morgan fingerprint density at radius 1 is 1.08 bits per heavy atom. The lowest BCUT2D eigenvalue weighted by molar-refractivity contribution is -0.143. The standard InChI is InChI=1S/C16H20N2O4.ClH.H2O/c1-3-21-15(19)9-10-18-13-8-6-5-7-12(13)17-14(18)11-16(20)22-4-2;;/h5-8H,3-4,9-11H2,1-2H3;1H;1H2. The van der Waals surface area contributed by atoms with E-state index < -0.39 is 0 Å². The van der Waals surface area contributed by atoms with Crippen LogP contribution in [0, 0.1) is 0 Å². The molecule has 1 heterocycles. The van der Waals surface area contributed by atoms with Crippen LogP contribution in [0.5, 0.6) is 0 Å². The first-order chi connectivity index (χ1) is 10.7. The summed E-state index contributed by atoms with van der Waals surface area (Å²) in [4.78, 5) is 27.7. The molecule has 1 aromatic heterocycles. The van der Waals surface area contributed by atoms with Gasteiger partial charge >= 0.3 is 11.9 Å². The molecule has 0 amide bonds. The second kappa shape index (κ2) is 10.6. The first kappa shape index (κ1) is 21.9. The third-order valence-electron chi connectivity index (χ3n) is 3.19. The topological polar surface area (TPSA) is 102 Å². The Kier molecular flexibility index (Phi) is 9.68. The molecule has 2 rings (SSSR count). The van der Waals surface area contributed by atoms with E-state index in [1.165, 1.54) is 0 Å². The number of fused-ring (bicyclic) bond motifs is 1. The van der Waals surface area contributed by atoms with Gasteiger partial charge in [-0.25, -0.2) is 4.98 Å². The van der Waals surface area contributed by atoms with Crippen molar-refractivity contribution >= 4 is 35.4 Å². The summed E-state index contributed by atoms with van der Waals surface area (Å²) >= 11 is 0. The van der Waals surface area contributed by atoms with Crippen LogP contribution >= 0.6 is 12.4 Å². The van der Waals surface area contributed by atoms with E-state index in [-0.39, 0.29) is 42.7 Å². The van der Waals surface area contributed by atoms with Gasteiger partial charge in [0.2, 0.25) is 0 Å². The van der Waals surface area contributed by atoms with Gasteiger partial charge in [0.05, 0.1) is 30.7 Å². The maximum atomic E-state index is 11.7. The number of benzene rings is 1. The van der Waals surface area contributed by atoms with Crippen LogP contribution in [-0.2, 0) is 32.0 Å². The molecule has 0 aliphatic heterocycles. The zero-order valence-corrected chi connectivity index (χ0v) is 14.6. The summed E-state index contributed by atoms with van der Waals surface area (Å²) in [5, 5.41) is 0. The van der Waals surface area contributed by atoms with Gasteiger partial charge in [0.25, 0.3) is 0 Å². The van der Waals surface area contributed by atoms with E-state index in [0.717, 1.165) is 11.0 Å². The number of para-hydroxylation sites is 2. The van der Waals surface area contributed by atoms with Gasteiger partial charge in [-0.15, -0.1) is 12.4 Å². The number of aryl methyl sites for hydroxylation is 1. The van der Waals surface area contributed by atoms with Crippen molar-refractivity contribution < 1.29 is 24.5 Å². The predicted molar refractivity (Wildman–Crippen MR) is 92.2 cm³/mol. The minimum Gasteiger partial charge on any atom is -0.466 e. The van der Waals surface area contributed by atoms with Crippen molar-refractivity contribution in [3.8, 4) is 0 Å². The van der Waals surface area contributed by atoms with Crippen molar-refractivity contribution in [1.82, 2.24) is 9.55 Å². The summed E-state index contributed by atoms with van der Waals surface area (Å²) in [6, 6.07) is 7.59. The molecular weight excluding hydrogens is 336 g/mol. The average Bonchev–Trinajstić information content (AvgIpc) is 2.83. The Bertz CT molecular complexity index is 672. The Morgan fingerprint density at radius 3 is 2.38 bits per heavy atom. The number of rotatable bonds is 7. The predicted octanol–water partition coefficient (Wildman–Crippen LogP) is 1.69. The number of hydrogen-bond donors (Lipinski definition) is 0. The quantitative estimate of drug-likeness (QED) is 0.701. The van der Waals surface area contributed by atoms with Crippen LogP contribution in [0.2, 0.25) is 0 Å². The average molecular weight is 359 g/mol. The first-order valence-electron chi connectivity index (χ1n) is 7.41. The fraction of sp³-hybridized carbons (Fsp3) is 0.438. The smallest absolute Gasteiger partial charge is 0.313 e. The van der Waals surface area contributed by atoms with Crippen molar-refractivity contribution in [2.24, 2.45) is 0 Å². The molecule has 0 spiro atoms. The largest absolute Gasteiger partial charge is 0.466 e. The van der Waals surface area contributed by atoms with Crippen LogP contribution in [0.15, 0.2) is 24.3 Å². The SMILES string of the molecule is CCOC(=O)CCn1c(CC(=O)OCC)nc2ccccc21.Cl.O. The monoisotopic (exact) mass is 358 g/mol. The lowest BCUT2D eigenvalue weighted by atomic mass is 10.3. The summed E-state index contributed by atoms with van der Waals surface area (Å²) in [7, 11) is 0. The van der Waals surface area contributed by atoms with Crippen LogP contribution in [0.1, 0.15) is 26.1 Å². The molecule has 134 valence electrons. The Morgan fingerprint density at radius 2 is 1.71 bits per heavy atom. The number of esters is 2. The van der Waals surface area contributed by atoms with Gasteiger partial charge in [-0.1, -0.05) is 12.1 Å². The fourth-order valence-corrected chi connectivity index (χ4v) is 2.29. The maximum absolute atomic E-state index is 11.7. The van der Waals surface area contributed by atoms with Gasteiger partial charge in [0.1, 0.15) is 12.2 Å². The molecule has 8 heteroatoms. The summed E-state index contributed by atoms with van der Waals surface area (Å²) in [6.45, 7) is 4.66. The van der Waals surface area contributed by atoms with Crippen molar-refractivity contribution in [3.05, 3.63) is 30.1 Å².